The number of hydrogen-bond acceptors (Lipinski definition) is 5. The molecule has 2 N–H and O–H groups in total. The minimum atomic E-state index is -0.799. The number of aliphatic hydroxyl groups excluding tert-OH is 1. The Kier molecular flexibility index (Phi) is 9.10. The number of aliphatic hydroxyl groups is 1. The van der Waals surface area contributed by atoms with Gasteiger partial charge in [-0.3, -0.25) is 14.7 Å². The van der Waals surface area contributed by atoms with Crippen LogP contribution in [0.5, 0.6) is 5.75 Å². The molecular weight excluding hydrogens is 471 g/mol. The van der Waals surface area contributed by atoms with Crippen molar-refractivity contribution in [1.29, 1.82) is 0 Å². The van der Waals surface area contributed by atoms with Gasteiger partial charge in [0.25, 0.3) is 0 Å². The van der Waals surface area contributed by atoms with Gasteiger partial charge in [-0.2, -0.15) is 0 Å². The summed E-state index contributed by atoms with van der Waals surface area (Å²) < 4.78 is 19.2. The molecule has 6 nitrogen and oxygen atoms in total. The lowest BCUT2D eigenvalue weighted by Crippen LogP contribution is -2.41. The van der Waals surface area contributed by atoms with Crippen LogP contribution in [-0.4, -0.2) is 52.8 Å². The van der Waals surface area contributed by atoms with Gasteiger partial charge in [-0.05, 0) is 86.0 Å². The lowest BCUT2D eigenvalue weighted by molar-refractivity contribution is -0.137. The second-order valence-corrected chi connectivity index (χ2v) is 9.63. The summed E-state index contributed by atoms with van der Waals surface area (Å²) in [6, 6.07) is 14.0. The molecule has 0 unspecified atom stereocenters. The molecule has 0 spiro atoms. The Balaban J connectivity index is 1.40. The van der Waals surface area contributed by atoms with Gasteiger partial charge in [0.15, 0.2) is 0 Å². The van der Waals surface area contributed by atoms with Gasteiger partial charge in [0, 0.05) is 24.5 Å². The van der Waals surface area contributed by atoms with Crippen molar-refractivity contribution in [3.05, 3.63) is 71.7 Å². The SMILES string of the molecule is COc1ccc2nccc([C@H](O)CC[C@@H]3CCN(CC#Cc4ccccc4F)C[C@H]3CCC(=O)O)c2c1. The van der Waals surface area contributed by atoms with Crippen LogP contribution in [0.2, 0.25) is 0 Å². The number of fused-ring (bicyclic) bond motifs is 1. The summed E-state index contributed by atoms with van der Waals surface area (Å²) in [5.74, 6) is 6.08. The number of likely N-dealkylation sites (tertiary alicyclic amines) is 1. The highest BCUT2D eigenvalue weighted by molar-refractivity contribution is 5.83. The average Bonchev–Trinajstić information content (AvgIpc) is 2.91. The van der Waals surface area contributed by atoms with Crippen LogP contribution >= 0.6 is 0 Å². The van der Waals surface area contributed by atoms with E-state index in [1.807, 2.05) is 24.3 Å². The van der Waals surface area contributed by atoms with Crippen LogP contribution in [0.4, 0.5) is 4.39 Å². The largest absolute Gasteiger partial charge is 0.497 e. The molecule has 4 rings (SSSR count). The fourth-order valence-corrected chi connectivity index (χ4v) is 5.22. The number of aromatic nitrogens is 1. The highest BCUT2D eigenvalue weighted by atomic mass is 19.1. The molecule has 1 saturated heterocycles. The third kappa shape index (κ3) is 7.06. The minimum Gasteiger partial charge on any atom is -0.497 e. The highest BCUT2D eigenvalue weighted by Crippen LogP contribution is 2.35. The Bertz CT molecular complexity index is 1290. The number of methoxy groups -OCH3 is 1. The van der Waals surface area contributed by atoms with Gasteiger partial charge in [-0.25, -0.2) is 4.39 Å². The van der Waals surface area contributed by atoms with E-state index in [2.05, 4.69) is 21.7 Å². The average molecular weight is 505 g/mol. The van der Waals surface area contributed by atoms with Crippen molar-refractivity contribution in [3.63, 3.8) is 0 Å². The van der Waals surface area contributed by atoms with Crippen LogP contribution in [-0.2, 0) is 4.79 Å². The lowest BCUT2D eigenvalue weighted by atomic mass is 9.79. The summed E-state index contributed by atoms with van der Waals surface area (Å²) in [5.41, 5.74) is 2.02. The van der Waals surface area contributed by atoms with Gasteiger partial charge in [0.1, 0.15) is 11.6 Å². The molecule has 7 heteroatoms. The van der Waals surface area contributed by atoms with Crippen LogP contribution in [0.1, 0.15) is 49.3 Å². The van der Waals surface area contributed by atoms with Crippen molar-refractivity contribution in [3.8, 4) is 17.6 Å². The van der Waals surface area contributed by atoms with E-state index in [9.17, 15) is 19.4 Å². The van der Waals surface area contributed by atoms with Crippen LogP contribution in [0.15, 0.2) is 54.7 Å². The van der Waals surface area contributed by atoms with E-state index in [-0.39, 0.29) is 18.2 Å². The van der Waals surface area contributed by atoms with Crippen LogP contribution in [0.3, 0.4) is 0 Å². The summed E-state index contributed by atoms with van der Waals surface area (Å²) in [7, 11) is 1.61. The molecule has 1 fully saturated rings. The van der Waals surface area contributed by atoms with Gasteiger partial charge in [0.05, 0.1) is 30.8 Å². The Labute approximate surface area is 217 Å². The van der Waals surface area contributed by atoms with Gasteiger partial charge >= 0.3 is 5.97 Å². The van der Waals surface area contributed by atoms with Crippen LogP contribution in [0, 0.1) is 29.5 Å². The number of rotatable bonds is 9. The first-order valence-corrected chi connectivity index (χ1v) is 12.7. The molecule has 194 valence electrons. The van der Waals surface area contributed by atoms with Crippen LogP contribution in [0.25, 0.3) is 10.9 Å². The maximum Gasteiger partial charge on any atom is 0.303 e. The minimum absolute atomic E-state index is 0.118. The molecule has 3 aromatic rings. The summed E-state index contributed by atoms with van der Waals surface area (Å²) in [5, 5.41) is 21.2. The van der Waals surface area contributed by atoms with Gasteiger partial charge in [-0.15, -0.1) is 0 Å². The van der Waals surface area contributed by atoms with Crippen molar-refractivity contribution in [1.82, 2.24) is 9.88 Å². The summed E-state index contributed by atoms with van der Waals surface area (Å²) >= 11 is 0. The second kappa shape index (κ2) is 12.7. The Hall–Kier alpha value is -3.47. The molecular formula is C30H33FN2O4. The number of carboxylic acids is 1. The Morgan fingerprint density at radius 2 is 2.05 bits per heavy atom. The van der Waals surface area contributed by atoms with E-state index in [1.165, 1.54) is 6.07 Å². The second-order valence-electron chi connectivity index (χ2n) is 9.63. The van der Waals surface area contributed by atoms with E-state index in [1.54, 1.807) is 31.5 Å². The molecule has 1 aliphatic rings. The predicted octanol–water partition coefficient (Wildman–Crippen LogP) is 5.05. The van der Waals surface area contributed by atoms with Crippen molar-refractivity contribution < 1.29 is 24.1 Å². The van der Waals surface area contributed by atoms with Crippen molar-refractivity contribution in [2.75, 3.05) is 26.7 Å². The maximum atomic E-state index is 13.8. The smallest absolute Gasteiger partial charge is 0.303 e. The molecule has 0 radical (unpaired) electrons. The highest BCUT2D eigenvalue weighted by Gasteiger charge is 2.30. The summed E-state index contributed by atoms with van der Waals surface area (Å²) in [6.07, 6.45) is 4.05. The molecule has 0 bridgehead atoms. The number of carbonyl (C=O) groups is 1. The molecule has 0 amide bonds. The molecule has 1 aromatic heterocycles. The first-order valence-electron chi connectivity index (χ1n) is 12.7. The Morgan fingerprint density at radius 3 is 2.84 bits per heavy atom. The third-order valence-electron chi connectivity index (χ3n) is 7.26. The van der Waals surface area contributed by atoms with E-state index in [0.29, 0.717) is 36.6 Å². The molecule has 0 aliphatic carbocycles. The topological polar surface area (TPSA) is 82.9 Å². The zero-order valence-corrected chi connectivity index (χ0v) is 21.1. The first-order chi connectivity index (χ1) is 17.9. The van der Waals surface area contributed by atoms with Gasteiger partial charge in [-0.1, -0.05) is 24.0 Å². The number of halogens is 1. The number of pyridine rings is 1. The fraction of sp³-hybridized carbons (Fsp3) is 0.400. The number of ether oxygens (including phenoxy) is 1. The maximum absolute atomic E-state index is 13.8. The van der Waals surface area contributed by atoms with Crippen molar-refractivity contribution >= 4 is 16.9 Å². The molecule has 37 heavy (non-hydrogen) atoms. The predicted molar refractivity (Wildman–Crippen MR) is 141 cm³/mol. The van der Waals surface area contributed by atoms with Gasteiger partial charge < -0.3 is 14.9 Å². The number of aliphatic carboxylic acids is 1. The zero-order chi connectivity index (χ0) is 26.2. The van der Waals surface area contributed by atoms with Crippen LogP contribution < -0.4 is 4.74 Å². The molecule has 2 heterocycles. The summed E-state index contributed by atoms with van der Waals surface area (Å²) in [4.78, 5) is 17.9. The molecule has 3 atom stereocenters. The van der Waals surface area contributed by atoms with Crippen molar-refractivity contribution in [2.24, 2.45) is 11.8 Å². The zero-order valence-electron chi connectivity index (χ0n) is 21.1. The Morgan fingerprint density at radius 1 is 1.22 bits per heavy atom. The third-order valence-corrected chi connectivity index (χ3v) is 7.26. The lowest BCUT2D eigenvalue weighted by Gasteiger charge is -2.38. The quantitative estimate of drug-likeness (QED) is 0.397. The number of nitrogens with zero attached hydrogens (tertiary/aromatic N) is 2. The number of piperidine rings is 1. The van der Waals surface area contributed by atoms with E-state index < -0.39 is 12.1 Å². The number of benzene rings is 2. The van der Waals surface area contributed by atoms with E-state index >= 15 is 0 Å². The fourth-order valence-electron chi connectivity index (χ4n) is 5.22. The number of carboxylic acid groups (broad SMARTS) is 1. The summed E-state index contributed by atoms with van der Waals surface area (Å²) in [6.45, 7) is 2.10. The van der Waals surface area contributed by atoms with Gasteiger partial charge in [0.2, 0.25) is 0 Å². The van der Waals surface area contributed by atoms with Crippen molar-refractivity contribution in [2.45, 2.75) is 38.2 Å². The molecule has 0 saturated carbocycles. The normalized spacial score (nSPS) is 18.7. The van der Waals surface area contributed by atoms with E-state index in [0.717, 1.165) is 42.4 Å². The standard InChI is InChI=1S/C30H33FN2O4/c1-37-24-10-11-28-26(19-24)25(14-16-32-28)29(34)12-8-21-15-18-33(20-23(21)9-13-30(35)36)17-4-6-22-5-2-3-7-27(22)31/h2-3,5,7,10-11,14,16,19,21,23,29,34H,8-9,12-13,15,17-18,20H2,1H3,(H,35,36)/t21-,23-,29-/m1/s1. The monoisotopic (exact) mass is 504 g/mol. The molecule has 1 aliphatic heterocycles. The first kappa shape index (κ1) is 26.6. The molecule has 2 aromatic carbocycles. The number of hydrogen-bond donors (Lipinski definition) is 2. The van der Waals surface area contributed by atoms with E-state index in [4.69, 9.17) is 4.74 Å².